The van der Waals surface area contributed by atoms with E-state index in [2.05, 4.69) is 5.32 Å². The second-order valence-corrected chi connectivity index (χ2v) is 7.23. The van der Waals surface area contributed by atoms with Crippen LogP contribution >= 0.6 is 0 Å². The second-order valence-electron chi connectivity index (χ2n) is 7.23. The number of hydrogen-bond acceptors (Lipinski definition) is 4. The molecule has 0 aromatic heterocycles. The van der Waals surface area contributed by atoms with E-state index in [0.29, 0.717) is 36.0 Å². The Morgan fingerprint density at radius 2 is 1.65 bits per heavy atom. The van der Waals surface area contributed by atoms with E-state index in [4.69, 9.17) is 9.47 Å². The van der Waals surface area contributed by atoms with E-state index in [0.717, 1.165) is 5.75 Å². The van der Waals surface area contributed by atoms with Gasteiger partial charge in [0.15, 0.2) is 0 Å². The fourth-order valence-electron chi connectivity index (χ4n) is 3.55. The summed E-state index contributed by atoms with van der Waals surface area (Å²) in [6.07, 6.45) is 0.168. The van der Waals surface area contributed by atoms with Crippen molar-refractivity contribution in [2.24, 2.45) is 5.92 Å². The van der Waals surface area contributed by atoms with Crippen molar-refractivity contribution in [1.29, 1.82) is 0 Å². The molecule has 3 aromatic rings. The van der Waals surface area contributed by atoms with Gasteiger partial charge in [0.25, 0.3) is 0 Å². The number of nitrogens with one attached hydrogen (secondary N) is 1. The van der Waals surface area contributed by atoms with Crippen molar-refractivity contribution in [2.45, 2.75) is 13.3 Å². The van der Waals surface area contributed by atoms with E-state index in [1.54, 1.807) is 29.2 Å². The third-order valence-electron chi connectivity index (χ3n) is 5.05. The molecule has 6 nitrogen and oxygen atoms in total. The predicted octanol–water partition coefficient (Wildman–Crippen LogP) is 4.87. The lowest BCUT2D eigenvalue weighted by Gasteiger charge is -2.20. The molecule has 4 rings (SSSR count). The van der Waals surface area contributed by atoms with Crippen molar-refractivity contribution in [1.82, 2.24) is 0 Å². The molecule has 158 valence electrons. The Kier molecular flexibility index (Phi) is 6.17. The maximum absolute atomic E-state index is 12.8. The number of ether oxygens (including phenoxy) is 2. The molecular weight excluding hydrogens is 392 g/mol. The van der Waals surface area contributed by atoms with Crippen LogP contribution in [0.1, 0.15) is 13.3 Å². The minimum Gasteiger partial charge on any atom is -0.492 e. The average Bonchev–Trinajstić information content (AvgIpc) is 3.18. The summed E-state index contributed by atoms with van der Waals surface area (Å²) in [5.74, 6) is 1.38. The first-order valence-electron chi connectivity index (χ1n) is 10.3. The molecule has 1 aliphatic rings. The SMILES string of the molecule is CCOc1ccccc1N1C[C@H](C(=O)Nc2ccc(Oc3ccccc3)cc2)CC1=O. The van der Waals surface area contributed by atoms with Crippen molar-refractivity contribution in [2.75, 3.05) is 23.4 Å². The first kappa shape index (κ1) is 20.5. The van der Waals surface area contributed by atoms with Crippen LogP contribution in [0.5, 0.6) is 17.2 Å². The summed E-state index contributed by atoms with van der Waals surface area (Å²) < 4.78 is 11.4. The Bertz CT molecular complexity index is 1050. The number of rotatable bonds is 7. The monoisotopic (exact) mass is 416 g/mol. The van der Waals surface area contributed by atoms with Gasteiger partial charge in [0.2, 0.25) is 11.8 Å². The molecule has 3 aromatic carbocycles. The molecule has 0 saturated carbocycles. The first-order chi connectivity index (χ1) is 15.1. The van der Waals surface area contributed by atoms with Gasteiger partial charge >= 0.3 is 0 Å². The van der Waals surface area contributed by atoms with Crippen molar-refractivity contribution in [3.8, 4) is 17.2 Å². The second kappa shape index (κ2) is 9.34. The zero-order valence-electron chi connectivity index (χ0n) is 17.3. The zero-order chi connectivity index (χ0) is 21.6. The van der Waals surface area contributed by atoms with Gasteiger partial charge in [0.1, 0.15) is 17.2 Å². The van der Waals surface area contributed by atoms with Gasteiger partial charge in [-0.25, -0.2) is 0 Å². The van der Waals surface area contributed by atoms with E-state index >= 15 is 0 Å². The Morgan fingerprint density at radius 3 is 2.39 bits per heavy atom. The zero-order valence-corrected chi connectivity index (χ0v) is 17.3. The van der Waals surface area contributed by atoms with E-state index in [9.17, 15) is 9.59 Å². The van der Waals surface area contributed by atoms with Crippen LogP contribution in [-0.4, -0.2) is 25.0 Å². The summed E-state index contributed by atoms with van der Waals surface area (Å²) in [6.45, 7) is 2.73. The van der Waals surface area contributed by atoms with Crippen LogP contribution < -0.4 is 19.7 Å². The lowest BCUT2D eigenvalue weighted by atomic mass is 10.1. The van der Waals surface area contributed by atoms with Gasteiger partial charge < -0.3 is 19.7 Å². The van der Waals surface area contributed by atoms with Gasteiger partial charge in [-0.3, -0.25) is 9.59 Å². The molecule has 1 saturated heterocycles. The summed E-state index contributed by atoms with van der Waals surface area (Å²) in [6, 6.07) is 24.1. The van der Waals surface area contributed by atoms with E-state index < -0.39 is 5.92 Å². The molecule has 6 heteroatoms. The van der Waals surface area contributed by atoms with E-state index in [1.165, 1.54) is 0 Å². The Balaban J connectivity index is 1.39. The number of para-hydroxylation sites is 3. The summed E-state index contributed by atoms with van der Waals surface area (Å²) in [5.41, 5.74) is 1.36. The topological polar surface area (TPSA) is 67.9 Å². The van der Waals surface area contributed by atoms with Crippen molar-refractivity contribution in [3.63, 3.8) is 0 Å². The highest BCUT2D eigenvalue weighted by Crippen LogP contribution is 2.33. The maximum atomic E-state index is 12.8. The molecule has 0 bridgehead atoms. The lowest BCUT2D eigenvalue weighted by Crippen LogP contribution is -2.28. The lowest BCUT2D eigenvalue weighted by molar-refractivity contribution is -0.122. The summed E-state index contributed by atoms with van der Waals surface area (Å²) in [4.78, 5) is 27.0. The molecule has 1 N–H and O–H groups in total. The third-order valence-corrected chi connectivity index (χ3v) is 5.05. The maximum Gasteiger partial charge on any atom is 0.229 e. The molecule has 0 aliphatic carbocycles. The standard InChI is InChI=1S/C25H24N2O4/c1-2-30-23-11-7-6-10-22(23)27-17-18(16-24(27)28)25(29)26-19-12-14-21(15-13-19)31-20-8-4-3-5-9-20/h3-15,18H,2,16-17H2,1H3,(H,26,29)/t18-/m1/s1. The first-order valence-corrected chi connectivity index (χ1v) is 10.3. The van der Waals surface area contributed by atoms with Crippen LogP contribution in [0.25, 0.3) is 0 Å². The summed E-state index contributed by atoms with van der Waals surface area (Å²) >= 11 is 0. The van der Waals surface area contributed by atoms with Crippen LogP contribution in [0.2, 0.25) is 0 Å². The van der Waals surface area contributed by atoms with Crippen LogP contribution in [-0.2, 0) is 9.59 Å². The number of carbonyl (C=O) groups excluding carboxylic acids is 2. The predicted molar refractivity (Wildman–Crippen MR) is 120 cm³/mol. The minimum absolute atomic E-state index is 0.0843. The number of benzene rings is 3. The highest BCUT2D eigenvalue weighted by Gasteiger charge is 2.36. The quantitative estimate of drug-likeness (QED) is 0.597. The Hall–Kier alpha value is -3.80. The van der Waals surface area contributed by atoms with Gasteiger partial charge in [0.05, 0.1) is 18.2 Å². The van der Waals surface area contributed by atoms with E-state index in [1.807, 2.05) is 61.5 Å². The van der Waals surface area contributed by atoms with Crippen molar-refractivity contribution in [3.05, 3.63) is 78.9 Å². The van der Waals surface area contributed by atoms with Crippen molar-refractivity contribution < 1.29 is 19.1 Å². The van der Waals surface area contributed by atoms with Gasteiger partial charge in [-0.05, 0) is 55.5 Å². The molecule has 0 spiro atoms. The third kappa shape index (κ3) is 4.86. The molecule has 1 heterocycles. The molecule has 0 unspecified atom stereocenters. The fourth-order valence-corrected chi connectivity index (χ4v) is 3.55. The largest absolute Gasteiger partial charge is 0.492 e. The number of hydrogen-bond donors (Lipinski definition) is 1. The molecule has 1 aliphatic heterocycles. The minimum atomic E-state index is -0.428. The van der Waals surface area contributed by atoms with Crippen LogP contribution in [0.4, 0.5) is 11.4 Å². The Labute approximate surface area is 181 Å². The van der Waals surface area contributed by atoms with Gasteiger partial charge in [0, 0.05) is 18.7 Å². The molecular formula is C25H24N2O4. The van der Waals surface area contributed by atoms with Gasteiger partial charge in [-0.1, -0.05) is 30.3 Å². The molecule has 0 radical (unpaired) electrons. The number of nitrogens with zero attached hydrogens (tertiary/aromatic N) is 1. The number of carbonyl (C=O) groups is 2. The van der Waals surface area contributed by atoms with Gasteiger partial charge in [-0.15, -0.1) is 0 Å². The number of amides is 2. The molecule has 1 fully saturated rings. The highest BCUT2D eigenvalue weighted by atomic mass is 16.5. The van der Waals surface area contributed by atoms with Crippen LogP contribution in [0.15, 0.2) is 78.9 Å². The Morgan fingerprint density at radius 1 is 0.968 bits per heavy atom. The smallest absolute Gasteiger partial charge is 0.229 e. The molecule has 2 amide bonds. The van der Waals surface area contributed by atoms with Gasteiger partial charge in [-0.2, -0.15) is 0 Å². The fraction of sp³-hybridized carbons (Fsp3) is 0.200. The average molecular weight is 416 g/mol. The number of anilines is 2. The summed E-state index contributed by atoms with van der Waals surface area (Å²) in [7, 11) is 0. The summed E-state index contributed by atoms with van der Waals surface area (Å²) in [5, 5.41) is 2.90. The van der Waals surface area contributed by atoms with Crippen LogP contribution in [0, 0.1) is 5.92 Å². The van der Waals surface area contributed by atoms with E-state index in [-0.39, 0.29) is 18.2 Å². The van der Waals surface area contributed by atoms with Crippen molar-refractivity contribution >= 4 is 23.2 Å². The highest BCUT2D eigenvalue weighted by molar-refractivity contribution is 6.04. The molecule has 31 heavy (non-hydrogen) atoms. The normalized spacial score (nSPS) is 15.6. The van der Waals surface area contributed by atoms with Crippen LogP contribution in [0.3, 0.4) is 0 Å². The molecule has 1 atom stereocenters.